The summed E-state index contributed by atoms with van der Waals surface area (Å²) in [5.41, 5.74) is -1.86. The molecule has 2 aliphatic carbocycles. The Labute approximate surface area is 188 Å². The third-order valence-electron chi connectivity index (χ3n) is 6.06. The molecule has 0 aliphatic heterocycles. The van der Waals surface area contributed by atoms with Crippen molar-refractivity contribution in [3.8, 4) is 0 Å². The number of alkyl halides is 3. The first-order valence-corrected chi connectivity index (χ1v) is 11.1. The van der Waals surface area contributed by atoms with Crippen LogP contribution in [0.5, 0.6) is 0 Å². The maximum Gasteiger partial charge on any atom is 0.412 e. The SMILES string of the molecule is O=C(NC1CC1)c1cn(C2CCCCC2)cc(C(=O)N[C@H](c2cccnc2)C(F)(F)F)c1=O. The molecule has 0 saturated heterocycles. The van der Waals surface area contributed by atoms with Gasteiger partial charge in [0.2, 0.25) is 5.43 Å². The average molecular weight is 462 g/mol. The Hall–Kier alpha value is -3.17. The number of halogens is 3. The van der Waals surface area contributed by atoms with E-state index in [0.717, 1.165) is 51.1 Å². The van der Waals surface area contributed by atoms with E-state index in [1.165, 1.54) is 30.7 Å². The van der Waals surface area contributed by atoms with Crippen LogP contribution in [0.3, 0.4) is 0 Å². The number of hydrogen-bond acceptors (Lipinski definition) is 4. The van der Waals surface area contributed by atoms with Gasteiger partial charge in [-0.2, -0.15) is 13.2 Å². The first-order chi connectivity index (χ1) is 15.7. The van der Waals surface area contributed by atoms with Crippen molar-refractivity contribution in [1.29, 1.82) is 0 Å². The third-order valence-corrected chi connectivity index (χ3v) is 6.06. The second kappa shape index (κ2) is 9.36. The van der Waals surface area contributed by atoms with Crippen LogP contribution in [0, 0.1) is 0 Å². The molecule has 0 bridgehead atoms. The second-order valence-corrected chi connectivity index (χ2v) is 8.64. The standard InChI is InChI=1S/C23H25F3N4O3/c24-23(25,26)20(14-5-4-10-27-11-14)29-22(33)18-13-30(16-6-2-1-3-7-16)12-17(19(18)31)21(32)28-15-8-9-15/h4-5,10-13,15-16,20H,1-3,6-9H2,(H,28,32)(H,29,33)/t20-/m1/s1. The predicted octanol–water partition coefficient (Wildman–Crippen LogP) is 3.67. The summed E-state index contributed by atoms with van der Waals surface area (Å²) in [6, 6.07) is 0.141. The molecule has 0 aromatic carbocycles. The summed E-state index contributed by atoms with van der Waals surface area (Å²) < 4.78 is 42.8. The van der Waals surface area contributed by atoms with Crippen LogP contribution in [0.15, 0.2) is 41.7 Å². The molecular formula is C23H25F3N4O3. The van der Waals surface area contributed by atoms with Crippen LogP contribution in [-0.2, 0) is 0 Å². The van der Waals surface area contributed by atoms with Gasteiger partial charge in [-0.3, -0.25) is 19.4 Å². The molecule has 0 spiro atoms. The highest BCUT2D eigenvalue weighted by atomic mass is 19.4. The summed E-state index contributed by atoms with van der Waals surface area (Å²) in [7, 11) is 0. The van der Waals surface area contributed by atoms with Gasteiger partial charge in [0.25, 0.3) is 11.8 Å². The molecule has 176 valence electrons. The van der Waals surface area contributed by atoms with Crippen LogP contribution in [0.4, 0.5) is 13.2 Å². The van der Waals surface area contributed by atoms with Crippen molar-refractivity contribution in [3.05, 3.63) is 63.8 Å². The van der Waals surface area contributed by atoms with E-state index in [1.54, 1.807) is 4.57 Å². The normalized spacial score (nSPS) is 17.9. The molecule has 2 saturated carbocycles. The van der Waals surface area contributed by atoms with Crippen molar-refractivity contribution in [2.45, 2.75) is 69.2 Å². The molecule has 0 unspecified atom stereocenters. The van der Waals surface area contributed by atoms with Crippen LogP contribution in [-0.4, -0.2) is 33.6 Å². The lowest BCUT2D eigenvalue weighted by molar-refractivity contribution is -0.155. The summed E-state index contributed by atoms with van der Waals surface area (Å²) in [5, 5.41) is 4.66. The average Bonchev–Trinajstić information content (AvgIpc) is 3.61. The number of nitrogens with one attached hydrogen (secondary N) is 2. The first-order valence-electron chi connectivity index (χ1n) is 11.1. The molecule has 0 radical (unpaired) electrons. The fourth-order valence-corrected chi connectivity index (χ4v) is 4.11. The highest BCUT2D eigenvalue weighted by molar-refractivity contribution is 5.99. The van der Waals surface area contributed by atoms with Gasteiger partial charge in [-0.1, -0.05) is 25.3 Å². The molecule has 2 amide bonds. The number of carbonyl (C=O) groups excluding carboxylic acids is 2. The van der Waals surface area contributed by atoms with Crippen molar-refractivity contribution in [2.24, 2.45) is 0 Å². The molecule has 2 aromatic heterocycles. The molecule has 2 fully saturated rings. The smallest absolute Gasteiger partial charge is 0.349 e. The van der Waals surface area contributed by atoms with E-state index in [2.05, 4.69) is 10.3 Å². The lowest BCUT2D eigenvalue weighted by atomic mass is 9.95. The highest BCUT2D eigenvalue weighted by Gasteiger charge is 2.42. The van der Waals surface area contributed by atoms with Crippen LogP contribution < -0.4 is 16.1 Å². The van der Waals surface area contributed by atoms with Gasteiger partial charge < -0.3 is 15.2 Å². The lowest BCUT2D eigenvalue weighted by Gasteiger charge is -2.26. The van der Waals surface area contributed by atoms with Crippen LogP contribution in [0.25, 0.3) is 0 Å². The highest BCUT2D eigenvalue weighted by Crippen LogP contribution is 2.33. The Morgan fingerprint density at radius 2 is 1.70 bits per heavy atom. The quantitative estimate of drug-likeness (QED) is 0.685. The van der Waals surface area contributed by atoms with Gasteiger partial charge in [0, 0.05) is 42.4 Å². The molecule has 2 aromatic rings. The number of rotatable bonds is 6. The minimum absolute atomic E-state index is 0.0160. The predicted molar refractivity (Wildman–Crippen MR) is 114 cm³/mol. The molecule has 10 heteroatoms. The van der Waals surface area contributed by atoms with Crippen molar-refractivity contribution >= 4 is 11.8 Å². The Morgan fingerprint density at radius 3 is 2.27 bits per heavy atom. The molecule has 2 heterocycles. The summed E-state index contributed by atoms with van der Waals surface area (Å²) in [6.07, 6.45) is 6.43. The maximum absolute atomic E-state index is 13.7. The molecular weight excluding hydrogens is 437 g/mol. The fraction of sp³-hybridized carbons (Fsp3) is 0.478. The van der Waals surface area contributed by atoms with Crippen molar-refractivity contribution in [3.63, 3.8) is 0 Å². The summed E-state index contributed by atoms with van der Waals surface area (Å²) >= 11 is 0. The fourth-order valence-electron chi connectivity index (χ4n) is 4.11. The topological polar surface area (TPSA) is 93.1 Å². The number of amides is 2. The van der Waals surface area contributed by atoms with Gasteiger partial charge in [-0.15, -0.1) is 0 Å². The van der Waals surface area contributed by atoms with Gasteiger partial charge in [-0.05, 0) is 31.7 Å². The van der Waals surface area contributed by atoms with E-state index in [9.17, 15) is 27.6 Å². The number of hydrogen-bond donors (Lipinski definition) is 2. The van der Waals surface area contributed by atoms with E-state index >= 15 is 0 Å². The van der Waals surface area contributed by atoms with Crippen LogP contribution >= 0.6 is 0 Å². The minimum atomic E-state index is -4.80. The Balaban J connectivity index is 1.70. The van der Waals surface area contributed by atoms with Gasteiger partial charge in [0.05, 0.1) is 0 Å². The third kappa shape index (κ3) is 5.43. The minimum Gasteiger partial charge on any atom is -0.349 e. The van der Waals surface area contributed by atoms with Crippen LogP contribution in [0.1, 0.15) is 83.3 Å². The number of aromatic nitrogens is 2. The first kappa shape index (κ1) is 23.0. The molecule has 2 N–H and O–H groups in total. The number of pyridine rings is 2. The molecule has 4 rings (SSSR count). The zero-order valence-corrected chi connectivity index (χ0v) is 17.9. The van der Waals surface area contributed by atoms with E-state index in [-0.39, 0.29) is 23.2 Å². The zero-order chi connectivity index (χ0) is 23.6. The van der Waals surface area contributed by atoms with Crippen molar-refractivity contribution < 1.29 is 22.8 Å². The van der Waals surface area contributed by atoms with Crippen molar-refractivity contribution in [1.82, 2.24) is 20.2 Å². The Morgan fingerprint density at radius 1 is 1.03 bits per heavy atom. The van der Waals surface area contributed by atoms with Gasteiger partial charge in [-0.25, -0.2) is 0 Å². The molecule has 7 nitrogen and oxygen atoms in total. The van der Waals surface area contributed by atoms with E-state index in [1.807, 2.05) is 5.32 Å². The monoisotopic (exact) mass is 462 g/mol. The van der Waals surface area contributed by atoms with E-state index in [0.29, 0.717) is 0 Å². The van der Waals surface area contributed by atoms with Gasteiger partial charge >= 0.3 is 6.18 Å². The maximum atomic E-state index is 13.7. The second-order valence-electron chi connectivity index (χ2n) is 8.64. The Bertz CT molecular complexity index is 1070. The van der Waals surface area contributed by atoms with Crippen molar-refractivity contribution in [2.75, 3.05) is 0 Å². The largest absolute Gasteiger partial charge is 0.412 e. The summed E-state index contributed by atoms with van der Waals surface area (Å²) in [5.74, 6) is -1.79. The summed E-state index contributed by atoms with van der Waals surface area (Å²) in [6.45, 7) is 0. The number of carbonyl (C=O) groups is 2. The van der Waals surface area contributed by atoms with Gasteiger partial charge in [0.1, 0.15) is 11.1 Å². The zero-order valence-electron chi connectivity index (χ0n) is 17.9. The molecule has 1 atom stereocenters. The van der Waals surface area contributed by atoms with Crippen LogP contribution in [0.2, 0.25) is 0 Å². The van der Waals surface area contributed by atoms with Gasteiger partial charge in [0.15, 0.2) is 6.04 Å². The number of nitrogens with zero attached hydrogens (tertiary/aromatic N) is 2. The van der Waals surface area contributed by atoms with E-state index in [4.69, 9.17) is 0 Å². The lowest BCUT2D eigenvalue weighted by Crippen LogP contribution is -2.41. The molecule has 2 aliphatic rings. The Kier molecular flexibility index (Phi) is 6.53. The summed E-state index contributed by atoms with van der Waals surface area (Å²) in [4.78, 5) is 42.4. The molecule has 33 heavy (non-hydrogen) atoms. The van der Waals surface area contributed by atoms with E-state index < -0.39 is 35.0 Å².